The summed E-state index contributed by atoms with van der Waals surface area (Å²) in [4.78, 5) is 15.0. The molecule has 1 aromatic heterocycles. The van der Waals surface area contributed by atoms with Crippen LogP contribution in [0, 0.1) is 5.82 Å². The van der Waals surface area contributed by atoms with Gasteiger partial charge in [-0.2, -0.15) is 0 Å². The third-order valence-electron chi connectivity index (χ3n) is 2.42. The molecule has 1 aliphatic rings. The molecule has 1 aromatic rings. The minimum absolute atomic E-state index is 0.0474. The lowest BCUT2D eigenvalue weighted by Crippen LogP contribution is -2.18. The van der Waals surface area contributed by atoms with E-state index >= 15 is 0 Å². The van der Waals surface area contributed by atoms with Gasteiger partial charge in [-0.05, 0) is 18.9 Å². The van der Waals surface area contributed by atoms with Crippen molar-refractivity contribution in [3.63, 3.8) is 0 Å². The van der Waals surface area contributed by atoms with Crippen LogP contribution in [-0.2, 0) is 9.47 Å². The highest BCUT2D eigenvalue weighted by Crippen LogP contribution is 2.13. The molecule has 0 bridgehead atoms. The Labute approximate surface area is 92.4 Å². The van der Waals surface area contributed by atoms with Gasteiger partial charge in [-0.25, -0.2) is 9.18 Å². The lowest BCUT2D eigenvalue weighted by atomic mass is 10.2. The third-order valence-corrected chi connectivity index (χ3v) is 2.42. The molecular weight excluding hydrogens is 213 g/mol. The summed E-state index contributed by atoms with van der Waals surface area (Å²) in [6.45, 7) is 0.881. The molecule has 4 nitrogen and oxygen atoms in total. The Hall–Kier alpha value is -1.49. The molecule has 2 rings (SSSR count). The molecule has 0 aromatic carbocycles. The van der Waals surface area contributed by atoms with E-state index in [2.05, 4.69) is 4.98 Å². The van der Waals surface area contributed by atoms with Gasteiger partial charge in [0.15, 0.2) is 5.82 Å². The van der Waals surface area contributed by atoms with Crippen LogP contribution in [0.1, 0.15) is 23.2 Å². The Balaban J connectivity index is 1.90. The fourth-order valence-corrected chi connectivity index (χ4v) is 1.56. The second kappa shape index (κ2) is 5.03. The van der Waals surface area contributed by atoms with E-state index in [1.807, 2.05) is 0 Å². The van der Waals surface area contributed by atoms with Crippen LogP contribution in [0.4, 0.5) is 4.39 Å². The molecular formula is C11H12FNO3. The second-order valence-electron chi connectivity index (χ2n) is 3.59. The van der Waals surface area contributed by atoms with E-state index < -0.39 is 11.8 Å². The van der Waals surface area contributed by atoms with Crippen molar-refractivity contribution in [2.24, 2.45) is 0 Å². The summed E-state index contributed by atoms with van der Waals surface area (Å²) in [6, 6.07) is 1.30. The number of aromatic nitrogens is 1. The Morgan fingerprint density at radius 3 is 3.25 bits per heavy atom. The molecule has 5 heteroatoms. The lowest BCUT2D eigenvalue weighted by molar-refractivity contribution is 0.0157. The molecule has 1 unspecified atom stereocenters. The summed E-state index contributed by atoms with van der Waals surface area (Å²) in [7, 11) is 0. The van der Waals surface area contributed by atoms with Crippen molar-refractivity contribution in [1.82, 2.24) is 4.98 Å². The zero-order valence-corrected chi connectivity index (χ0v) is 8.69. The van der Waals surface area contributed by atoms with E-state index in [0.717, 1.165) is 19.0 Å². The zero-order chi connectivity index (χ0) is 11.4. The molecule has 1 saturated heterocycles. The van der Waals surface area contributed by atoms with Crippen molar-refractivity contribution in [2.45, 2.75) is 18.9 Å². The van der Waals surface area contributed by atoms with E-state index in [-0.39, 0.29) is 18.3 Å². The molecule has 0 aliphatic carbocycles. The fourth-order valence-electron chi connectivity index (χ4n) is 1.56. The molecule has 2 heterocycles. The SMILES string of the molecule is O=C(OCC1CCCO1)c1ccncc1F. The molecule has 1 atom stereocenters. The first-order valence-electron chi connectivity index (χ1n) is 5.15. The average molecular weight is 225 g/mol. The first kappa shape index (κ1) is 11.0. The van der Waals surface area contributed by atoms with Crippen LogP contribution in [0.15, 0.2) is 18.5 Å². The number of esters is 1. The van der Waals surface area contributed by atoms with Crippen molar-refractivity contribution in [3.8, 4) is 0 Å². The normalized spacial score (nSPS) is 19.7. The minimum Gasteiger partial charge on any atom is -0.459 e. The maximum Gasteiger partial charge on any atom is 0.341 e. The van der Waals surface area contributed by atoms with Gasteiger partial charge in [-0.15, -0.1) is 0 Å². The Bertz CT molecular complexity index is 377. The van der Waals surface area contributed by atoms with Crippen LogP contribution in [0.25, 0.3) is 0 Å². The van der Waals surface area contributed by atoms with Crippen molar-refractivity contribution in [1.29, 1.82) is 0 Å². The topological polar surface area (TPSA) is 48.4 Å². The maximum absolute atomic E-state index is 13.1. The van der Waals surface area contributed by atoms with Gasteiger partial charge in [0, 0.05) is 12.8 Å². The Kier molecular flexibility index (Phi) is 3.46. The summed E-state index contributed by atoms with van der Waals surface area (Å²) < 4.78 is 23.4. The van der Waals surface area contributed by atoms with Crippen LogP contribution in [0.3, 0.4) is 0 Å². The average Bonchev–Trinajstić information content (AvgIpc) is 2.79. The lowest BCUT2D eigenvalue weighted by Gasteiger charge is -2.10. The minimum atomic E-state index is -0.671. The molecule has 0 N–H and O–H groups in total. The van der Waals surface area contributed by atoms with E-state index in [1.165, 1.54) is 12.3 Å². The van der Waals surface area contributed by atoms with Gasteiger partial charge in [-0.3, -0.25) is 4.98 Å². The highest BCUT2D eigenvalue weighted by molar-refractivity contribution is 5.89. The van der Waals surface area contributed by atoms with Gasteiger partial charge in [0.1, 0.15) is 6.61 Å². The van der Waals surface area contributed by atoms with E-state index in [0.29, 0.717) is 6.61 Å². The molecule has 0 radical (unpaired) electrons. The van der Waals surface area contributed by atoms with Crippen LogP contribution < -0.4 is 0 Å². The van der Waals surface area contributed by atoms with Gasteiger partial charge in [-0.1, -0.05) is 0 Å². The standard InChI is InChI=1S/C11H12FNO3/c12-10-6-13-4-3-9(10)11(14)16-7-8-2-1-5-15-8/h3-4,6,8H,1-2,5,7H2. The molecule has 0 spiro atoms. The maximum atomic E-state index is 13.1. The summed E-state index contributed by atoms with van der Waals surface area (Å²) in [6.07, 6.45) is 4.15. The molecule has 1 fully saturated rings. The largest absolute Gasteiger partial charge is 0.459 e. The Morgan fingerprint density at radius 1 is 1.69 bits per heavy atom. The monoisotopic (exact) mass is 225 g/mol. The molecule has 16 heavy (non-hydrogen) atoms. The van der Waals surface area contributed by atoms with Crippen molar-refractivity contribution < 1.29 is 18.7 Å². The van der Waals surface area contributed by atoms with Crippen molar-refractivity contribution >= 4 is 5.97 Å². The number of nitrogens with zero attached hydrogens (tertiary/aromatic N) is 1. The van der Waals surface area contributed by atoms with Gasteiger partial charge in [0.25, 0.3) is 0 Å². The number of hydrogen-bond acceptors (Lipinski definition) is 4. The number of carbonyl (C=O) groups is 1. The van der Waals surface area contributed by atoms with Gasteiger partial charge in [0.2, 0.25) is 0 Å². The molecule has 1 aliphatic heterocycles. The highest BCUT2D eigenvalue weighted by atomic mass is 19.1. The van der Waals surface area contributed by atoms with Crippen molar-refractivity contribution in [2.75, 3.05) is 13.2 Å². The predicted octanol–water partition coefficient (Wildman–Crippen LogP) is 1.56. The number of ether oxygens (including phenoxy) is 2. The highest BCUT2D eigenvalue weighted by Gasteiger charge is 2.19. The Morgan fingerprint density at radius 2 is 2.56 bits per heavy atom. The fraction of sp³-hybridized carbons (Fsp3) is 0.455. The summed E-state index contributed by atoms with van der Waals surface area (Å²) >= 11 is 0. The first-order valence-corrected chi connectivity index (χ1v) is 5.15. The number of hydrogen-bond donors (Lipinski definition) is 0. The summed E-state index contributed by atoms with van der Waals surface area (Å²) in [5.41, 5.74) is -0.0898. The molecule has 0 saturated carbocycles. The summed E-state index contributed by atoms with van der Waals surface area (Å²) in [5, 5.41) is 0. The zero-order valence-electron chi connectivity index (χ0n) is 8.69. The molecule has 0 amide bonds. The molecule has 86 valence electrons. The number of rotatable bonds is 3. The third kappa shape index (κ3) is 2.55. The van der Waals surface area contributed by atoms with E-state index in [1.54, 1.807) is 0 Å². The quantitative estimate of drug-likeness (QED) is 0.732. The van der Waals surface area contributed by atoms with Gasteiger partial charge >= 0.3 is 5.97 Å². The second-order valence-corrected chi connectivity index (χ2v) is 3.59. The van der Waals surface area contributed by atoms with Crippen LogP contribution in [0.5, 0.6) is 0 Å². The van der Waals surface area contributed by atoms with E-state index in [4.69, 9.17) is 9.47 Å². The van der Waals surface area contributed by atoms with Crippen LogP contribution in [0.2, 0.25) is 0 Å². The van der Waals surface area contributed by atoms with Crippen LogP contribution >= 0.6 is 0 Å². The van der Waals surface area contributed by atoms with Crippen molar-refractivity contribution in [3.05, 3.63) is 29.8 Å². The number of pyridine rings is 1. The summed E-state index contributed by atoms with van der Waals surface area (Å²) in [5.74, 6) is -1.34. The number of carbonyl (C=O) groups excluding carboxylic acids is 1. The van der Waals surface area contributed by atoms with E-state index in [9.17, 15) is 9.18 Å². The first-order chi connectivity index (χ1) is 7.77. The van der Waals surface area contributed by atoms with Crippen LogP contribution in [-0.4, -0.2) is 30.3 Å². The predicted molar refractivity (Wildman–Crippen MR) is 53.5 cm³/mol. The smallest absolute Gasteiger partial charge is 0.341 e. The van der Waals surface area contributed by atoms with Gasteiger partial charge in [0.05, 0.1) is 17.9 Å². The number of halogens is 1. The van der Waals surface area contributed by atoms with Gasteiger partial charge < -0.3 is 9.47 Å².